The Morgan fingerprint density at radius 2 is 0.812 bits per heavy atom. The molecule has 0 fully saturated rings. The minimum absolute atomic E-state index is 0.0176. The molecule has 0 aliphatic carbocycles. The summed E-state index contributed by atoms with van der Waals surface area (Å²) < 4.78 is 6.00. The van der Waals surface area contributed by atoms with E-state index >= 15 is 0 Å². The van der Waals surface area contributed by atoms with Crippen molar-refractivity contribution in [3.05, 3.63) is 36.5 Å². The van der Waals surface area contributed by atoms with E-state index in [0.29, 0.717) is 6.42 Å². The van der Waals surface area contributed by atoms with E-state index in [4.69, 9.17) is 9.84 Å². The van der Waals surface area contributed by atoms with Crippen LogP contribution in [0, 0.1) is 0 Å². The highest BCUT2D eigenvalue weighted by molar-refractivity contribution is 5.69. The number of carbonyl (C=O) groups is 2. The van der Waals surface area contributed by atoms with E-state index in [1.165, 1.54) is 116 Å². The van der Waals surface area contributed by atoms with Crippen LogP contribution in [0.25, 0.3) is 0 Å². The van der Waals surface area contributed by atoms with Crippen LogP contribution in [0.1, 0.15) is 226 Å². The van der Waals surface area contributed by atoms with Gasteiger partial charge in [0.2, 0.25) is 0 Å². The van der Waals surface area contributed by atoms with Crippen LogP contribution in [0.4, 0.5) is 0 Å². The summed E-state index contributed by atoms with van der Waals surface area (Å²) in [5.41, 5.74) is 0. The second-order valence-corrected chi connectivity index (χ2v) is 14.2. The Morgan fingerprint density at radius 3 is 1.31 bits per heavy atom. The van der Waals surface area contributed by atoms with Crippen molar-refractivity contribution in [3.8, 4) is 0 Å². The molecular weight excluding hydrogens is 592 g/mol. The quantitative estimate of drug-likeness (QED) is 0.0403. The number of unbranched alkanes of at least 4 members (excludes halogenated alkanes) is 23. The highest BCUT2D eigenvalue weighted by Gasteiger charge is 2.14. The van der Waals surface area contributed by atoms with Crippen LogP contribution in [-0.2, 0) is 14.3 Å². The van der Waals surface area contributed by atoms with Crippen LogP contribution in [0.2, 0.25) is 0 Å². The van der Waals surface area contributed by atoms with Gasteiger partial charge in [0.05, 0.1) is 0 Å². The van der Waals surface area contributed by atoms with Gasteiger partial charge in [-0.1, -0.05) is 153 Å². The van der Waals surface area contributed by atoms with Crippen molar-refractivity contribution in [1.29, 1.82) is 0 Å². The molecule has 0 aliphatic rings. The fourth-order valence-electron chi connectivity index (χ4n) is 6.21. The average molecular weight is 673 g/mol. The van der Waals surface area contributed by atoms with E-state index in [9.17, 15) is 9.59 Å². The van der Waals surface area contributed by atoms with Crippen molar-refractivity contribution in [3.63, 3.8) is 0 Å². The lowest BCUT2D eigenvalue weighted by Crippen LogP contribution is -2.18. The number of ether oxygens (including phenoxy) is 1. The van der Waals surface area contributed by atoms with E-state index in [0.717, 1.165) is 83.5 Å². The summed E-state index contributed by atoms with van der Waals surface area (Å²) in [4.78, 5) is 23.4. The molecule has 48 heavy (non-hydrogen) atoms. The predicted octanol–water partition coefficient (Wildman–Crippen LogP) is 14.6. The zero-order valence-electron chi connectivity index (χ0n) is 32.0. The molecule has 1 N–H and O–H groups in total. The van der Waals surface area contributed by atoms with Gasteiger partial charge in [-0.2, -0.15) is 0 Å². The molecular formula is C44H80O4. The molecule has 0 bridgehead atoms. The van der Waals surface area contributed by atoms with Gasteiger partial charge in [0.1, 0.15) is 6.10 Å². The van der Waals surface area contributed by atoms with Gasteiger partial charge in [0.25, 0.3) is 0 Å². The lowest BCUT2D eigenvalue weighted by molar-refractivity contribution is -0.150. The van der Waals surface area contributed by atoms with Gasteiger partial charge in [-0.15, -0.1) is 0 Å². The maximum Gasteiger partial charge on any atom is 0.306 e. The van der Waals surface area contributed by atoms with Gasteiger partial charge >= 0.3 is 11.9 Å². The molecule has 0 rings (SSSR count). The molecule has 4 nitrogen and oxygen atoms in total. The Hall–Kier alpha value is -1.84. The first-order chi connectivity index (χ1) is 23.6. The molecule has 0 amide bonds. The monoisotopic (exact) mass is 673 g/mol. The van der Waals surface area contributed by atoms with E-state index in [1.807, 2.05) is 0 Å². The molecule has 0 aliphatic heterocycles. The number of allylic oxidation sites excluding steroid dienone is 6. The summed E-state index contributed by atoms with van der Waals surface area (Å²) in [6.45, 7) is 4.53. The highest BCUT2D eigenvalue weighted by Crippen LogP contribution is 2.18. The molecule has 0 spiro atoms. The maximum absolute atomic E-state index is 12.7. The second-order valence-electron chi connectivity index (χ2n) is 14.2. The normalized spacial score (nSPS) is 12.5. The Morgan fingerprint density at radius 1 is 0.458 bits per heavy atom. The van der Waals surface area contributed by atoms with Crippen molar-refractivity contribution in [2.75, 3.05) is 0 Å². The first-order valence-corrected chi connectivity index (χ1v) is 21.0. The third-order valence-corrected chi connectivity index (χ3v) is 9.33. The van der Waals surface area contributed by atoms with Crippen molar-refractivity contribution in [2.24, 2.45) is 0 Å². The van der Waals surface area contributed by atoms with Crippen LogP contribution in [0.3, 0.4) is 0 Å². The number of carbonyl (C=O) groups excluding carboxylic acids is 1. The number of rotatable bonds is 38. The van der Waals surface area contributed by atoms with Crippen LogP contribution in [0.15, 0.2) is 36.5 Å². The number of hydrogen-bond donors (Lipinski definition) is 1. The molecule has 0 aromatic carbocycles. The van der Waals surface area contributed by atoms with Crippen LogP contribution >= 0.6 is 0 Å². The number of esters is 1. The molecule has 0 radical (unpaired) electrons. The van der Waals surface area contributed by atoms with E-state index in [-0.39, 0.29) is 18.5 Å². The van der Waals surface area contributed by atoms with Crippen molar-refractivity contribution < 1.29 is 19.4 Å². The van der Waals surface area contributed by atoms with Crippen LogP contribution < -0.4 is 0 Å². The standard InChI is InChI=1S/C44H80O4/c1-3-5-7-9-11-13-15-17-19-21-23-25-27-30-34-38-42(39-35-31-29-32-36-40-43(45)46)48-44(47)41-37-33-28-26-24-22-20-18-16-14-12-10-8-6-4-2/h12,14,18,20-21,23,42H,3-11,13,15-17,19,22,24-41H2,1-2H3,(H,45,46)/b14-12-,20-18-,23-21-. The molecule has 0 saturated heterocycles. The third-order valence-electron chi connectivity index (χ3n) is 9.33. The van der Waals surface area contributed by atoms with Crippen molar-refractivity contribution in [1.82, 2.24) is 0 Å². The summed E-state index contributed by atoms with van der Waals surface area (Å²) >= 11 is 0. The molecule has 1 unspecified atom stereocenters. The van der Waals surface area contributed by atoms with Gasteiger partial charge in [-0.3, -0.25) is 9.59 Å². The van der Waals surface area contributed by atoms with E-state index in [2.05, 4.69) is 50.3 Å². The van der Waals surface area contributed by atoms with Gasteiger partial charge in [-0.25, -0.2) is 0 Å². The first-order valence-electron chi connectivity index (χ1n) is 21.0. The first kappa shape index (κ1) is 46.2. The van der Waals surface area contributed by atoms with E-state index in [1.54, 1.807) is 0 Å². The topological polar surface area (TPSA) is 63.6 Å². The lowest BCUT2D eigenvalue weighted by Gasteiger charge is -2.18. The fraction of sp³-hybridized carbons (Fsp3) is 0.818. The zero-order valence-corrected chi connectivity index (χ0v) is 32.0. The predicted molar refractivity (Wildman–Crippen MR) is 209 cm³/mol. The molecule has 4 heteroatoms. The number of carboxylic acid groups (broad SMARTS) is 1. The minimum atomic E-state index is -0.704. The SMILES string of the molecule is CCCCC/C=C\C/C=C\CCCCCCCC(=O)OC(CCCCC/C=C\CCCCCCCCCC)CCCCCCCC(=O)O. The largest absolute Gasteiger partial charge is 0.481 e. The molecule has 0 heterocycles. The van der Waals surface area contributed by atoms with E-state index < -0.39 is 5.97 Å². The fourth-order valence-corrected chi connectivity index (χ4v) is 6.21. The molecule has 0 aromatic heterocycles. The van der Waals surface area contributed by atoms with Gasteiger partial charge < -0.3 is 9.84 Å². The molecule has 280 valence electrons. The molecule has 0 saturated carbocycles. The van der Waals surface area contributed by atoms with Crippen molar-refractivity contribution in [2.45, 2.75) is 232 Å². The second kappa shape index (κ2) is 39.6. The summed E-state index contributed by atoms with van der Waals surface area (Å²) in [6.07, 6.45) is 51.6. The van der Waals surface area contributed by atoms with Gasteiger partial charge in [-0.05, 0) is 96.3 Å². The minimum Gasteiger partial charge on any atom is -0.481 e. The number of aliphatic carboxylic acids is 1. The summed E-state index contributed by atoms with van der Waals surface area (Å²) in [7, 11) is 0. The summed E-state index contributed by atoms with van der Waals surface area (Å²) in [5.74, 6) is -0.721. The summed E-state index contributed by atoms with van der Waals surface area (Å²) in [5, 5.41) is 8.83. The Kier molecular flexibility index (Phi) is 38.1. The molecule has 1 atom stereocenters. The Balaban J connectivity index is 4.09. The van der Waals surface area contributed by atoms with Crippen LogP contribution in [-0.4, -0.2) is 23.1 Å². The number of hydrogen-bond acceptors (Lipinski definition) is 3. The summed E-state index contributed by atoms with van der Waals surface area (Å²) in [6, 6.07) is 0. The van der Waals surface area contributed by atoms with Crippen LogP contribution in [0.5, 0.6) is 0 Å². The maximum atomic E-state index is 12.7. The third kappa shape index (κ3) is 38.6. The van der Waals surface area contributed by atoms with Gasteiger partial charge in [0.15, 0.2) is 0 Å². The molecule has 0 aromatic rings. The number of carboxylic acids is 1. The highest BCUT2D eigenvalue weighted by atomic mass is 16.5. The van der Waals surface area contributed by atoms with Gasteiger partial charge in [0, 0.05) is 12.8 Å². The average Bonchev–Trinajstić information content (AvgIpc) is 3.07. The van der Waals surface area contributed by atoms with Crippen molar-refractivity contribution >= 4 is 11.9 Å². The smallest absolute Gasteiger partial charge is 0.306 e. The lowest BCUT2D eigenvalue weighted by atomic mass is 10.0. The zero-order chi connectivity index (χ0) is 35.0. The Bertz CT molecular complexity index is 768. The Labute approximate surface area is 299 Å².